The molecule has 5 atom stereocenters. The van der Waals surface area contributed by atoms with E-state index in [0.717, 1.165) is 27.7 Å². The lowest BCUT2D eigenvalue weighted by atomic mass is 10.1. The zero-order valence-electron chi connectivity index (χ0n) is 23.6. The smallest absolute Gasteiger partial charge is 0.406 e. The Kier molecular flexibility index (Phi) is 8.44. The van der Waals surface area contributed by atoms with E-state index in [1.807, 2.05) is 19.9 Å². The van der Waals surface area contributed by atoms with E-state index in [2.05, 4.69) is 30.3 Å². The van der Waals surface area contributed by atoms with Crippen molar-refractivity contribution in [3.63, 3.8) is 0 Å². The number of thiazole rings is 1. The van der Waals surface area contributed by atoms with E-state index in [4.69, 9.17) is 4.98 Å². The van der Waals surface area contributed by atoms with Crippen LogP contribution in [0.2, 0.25) is 0 Å². The molecule has 1 aliphatic rings. The van der Waals surface area contributed by atoms with Gasteiger partial charge in [0.25, 0.3) is 0 Å². The van der Waals surface area contributed by atoms with Gasteiger partial charge < -0.3 is 30.7 Å². The van der Waals surface area contributed by atoms with Crippen molar-refractivity contribution in [1.82, 2.24) is 19.9 Å². The fraction of sp³-hybridized carbons (Fsp3) is 0.429. The van der Waals surface area contributed by atoms with Crippen molar-refractivity contribution < 1.29 is 37.6 Å². The summed E-state index contributed by atoms with van der Waals surface area (Å²) in [6, 6.07) is 3.34. The van der Waals surface area contributed by atoms with Gasteiger partial charge in [-0.1, -0.05) is 6.07 Å². The van der Waals surface area contributed by atoms with Crippen LogP contribution in [0.3, 0.4) is 0 Å². The van der Waals surface area contributed by atoms with Gasteiger partial charge in [-0.2, -0.15) is 4.98 Å². The quantitative estimate of drug-likeness (QED) is 0.174. The van der Waals surface area contributed by atoms with Gasteiger partial charge in [-0.05, 0) is 46.2 Å². The predicted molar refractivity (Wildman–Crippen MR) is 152 cm³/mol. The summed E-state index contributed by atoms with van der Waals surface area (Å²) in [7, 11) is 0. The fourth-order valence-electron chi connectivity index (χ4n) is 5.29. The Morgan fingerprint density at radius 1 is 1.05 bits per heavy atom. The molecule has 10 nitrogen and oxygen atoms in total. The molecule has 0 spiro atoms. The second-order valence-corrected chi connectivity index (χ2v) is 11.6. The molecule has 5 N–H and O–H groups in total. The molecule has 1 aliphatic carbocycles. The molecule has 1 aromatic carbocycles. The van der Waals surface area contributed by atoms with Crippen molar-refractivity contribution in [3.05, 3.63) is 52.7 Å². The van der Waals surface area contributed by atoms with Crippen molar-refractivity contribution in [3.8, 4) is 16.3 Å². The molecule has 1 fully saturated rings. The number of hydrogen-bond acceptors (Lipinski definition) is 11. The molecule has 0 saturated heterocycles. The van der Waals surface area contributed by atoms with Gasteiger partial charge in [0.05, 0.1) is 39.8 Å². The van der Waals surface area contributed by atoms with Gasteiger partial charge in [0.15, 0.2) is 0 Å². The van der Waals surface area contributed by atoms with Crippen molar-refractivity contribution in [2.24, 2.45) is 5.92 Å². The number of aliphatic hydroxyl groups excluding tert-OH is 3. The van der Waals surface area contributed by atoms with Crippen molar-refractivity contribution in [2.45, 2.75) is 64.8 Å². The molecule has 5 rings (SSSR count). The number of aliphatic hydroxyl groups is 3. The molecule has 43 heavy (non-hydrogen) atoms. The Labute approximate surface area is 247 Å². The largest absolute Gasteiger partial charge is 0.573 e. The molecule has 0 unspecified atom stereocenters. The second-order valence-electron chi connectivity index (χ2n) is 10.6. The number of halogens is 4. The number of rotatable bonds is 8. The lowest BCUT2D eigenvalue weighted by molar-refractivity contribution is -0.274. The Morgan fingerprint density at radius 3 is 2.44 bits per heavy atom. The number of aromatic nitrogens is 4. The number of hydrogen-bond donors (Lipinski definition) is 5. The van der Waals surface area contributed by atoms with E-state index >= 15 is 0 Å². The van der Waals surface area contributed by atoms with E-state index in [1.54, 1.807) is 13.8 Å². The highest BCUT2D eigenvalue weighted by Crippen LogP contribution is 2.39. The summed E-state index contributed by atoms with van der Waals surface area (Å²) >= 11 is 1.41. The van der Waals surface area contributed by atoms with Crippen LogP contribution in [0.1, 0.15) is 42.0 Å². The molecule has 0 bridgehead atoms. The van der Waals surface area contributed by atoms with E-state index < -0.39 is 48.1 Å². The molecular formula is C28H30F4N6O4S. The molecule has 15 heteroatoms. The third-order valence-electron chi connectivity index (χ3n) is 7.36. The molecule has 1 saturated carbocycles. The first kappa shape index (κ1) is 30.8. The number of fused-ring (bicyclic) bond motifs is 1. The zero-order chi connectivity index (χ0) is 31.2. The SMILES string of the molecule is Cc1cc2sc(-c3c(C)nc(N[C@H](C)c4ccc(OC(F)(F)F)cc4F)nc3N[C@@H]3C[C@H](CO)[C@@H](O)[C@H]3O)nc2c(C)n1. The van der Waals surface area contributed by atoms with Crippen LogP contribution < -0.4 is 15.4 Å². The maximum absolute atomic E-state index is 14.8. The summed E-state index contributed by atoms with van der Waals surface area (Å²) in [6.45, 7) is 6.77. The van der Waals surface area contributed by atoms with Gasteiger partial charge in [-0.25, -0.2) is 14.4 Å². The van der Waals surface area contributed by atoms with E-state index in [0.29, 0.717) is 22.3 Å². The highest BCUT2D eigenvalue weighted by Gasteiger charge is 2.41. The van der Waals surface area contributed by atoms with Gasteiger partial charge in [0.2, 0.25) is 5.95 Å². The fourth-order valence-corrected chi connectivity index (χ4v) is 6.50. The number of pyridine rings is 1. The Morgan fingerprint density at radius 2 is 1.79 bits per heavy atom. The maximum atomic E-state index is 14.8. The topological polar surface area (TPSA) is 146 Å². The van der Waals surface area contributed by atoms with Crippen LogP contribution in [-0.4, -0.2) is 66.5 Å². The number of anilines is 2. The first-order chi connectivity index (χ1) is 20.2. The molecule has 3 aromatic heterocycles. The van der Waals surface area contributed by atoms with Crippen LogP contribution in [0.4, 0.5) is 29.3 Å². The third-order valence-corrected chi connectivity index (χ3v) is 8.38. The maximum Gasteiger partial charge on any atom is 0.573 e. The normalized spacial score (nSPS) is 21.3. The summed E-state index contributed by atoms with van der Waals surface area (Å²) in [4.78, 5) is 18.5. The van der Waals surface area contributed by atoms with E-state index in [-0.39, 0.29) is 30.4 Å². The molecule has 0 radical (unpaired) electrons. The minimum absolute atomic E-state index is 0.0546. The number of alkyl halides is 3. The van der Waals surface area contributed by atoms with Crippen LogP contribution in [0, 0.1) is 32.5 Å². The summed E-state index contributed by atoms with van der Waals surface area (Å²) in [5.74, 6) is -1.78. The average molecular weight is 623 g/mol. The third kappa shape index (κ3) is 6.49. The lowest BCUT2D eigenvalue weighted by Gasteiger charge is -2.22. The Bertz CT molecular complexity index is 1650. The van der Waals surface area contributed by atoms with Crippen LogP contribution >= 0.6 is 11.3 Å². The van der Waals surface area contributed by atoms with Gasteiger partial charge in [-0.15, -0.1) is 24.5 Å². The second kappa shape index (κ2) is 11.8. The van der Waals surface area contributed by atoms with Gasteiger partial charge in [0.1, 0.15) is 34.0 Å². The first-order valence-electron chi connectivity index (χ1n) is 13.4. The van der Waals surface area contributed by atoms with Gasteiger partial charge in [-0.3, -0.25) is 4.98 Å². The van der Waals surface area contributed by atoms with E-state index in [9.17, 15) is 32.9 Å². The number of benzene rings is 1. The van der Waals surface area contributed by atoms with Crippen molar-refractivity contribution in [1.29, 1.82) is 0 Å². The van der Waals surface area contributed by atoms with Crippen LogP contribution in [0.25, 0.3) is 20.8 Å². The molecule has 0 amide bonds. The summed E-state index contributed by atoms with van der Waals surface area (Å²) < 4.78 is 57.1. The van der Waals surface area contributed by atoms with Crippen LogP contribution in [0.5, 0.6) is 5.75 Å². The first-order valence-corrected chi connectivity index (χ1v) is 14.2. The highest BCUT2D eigenvalue weighted by molar-refractivity contribution is 7.21. The minimum Gasteiger partial charge on any atom is -0.406 e. The average Bonchev–Trinajstić information content (AvgIpc) is 3.43. The van der Waals surface area contributed by atoms with Crippen molar-refractivity contribution in [2.75, 3.05) is 17.2 Å². The summed E-state index contributed by atoms with van der Waals surface area (Å²) in [6.07, 6.45) is -7.02. The number of nitrogens with one attached hydrogen (secondary N) is 2. The monoisotopic (exact) mass is 622 g/mol. The van der Waals surface area contributed by atoms with Gasteiger partial charge >= 0.3 is 6.36 Å². The molecule has 4 aromatic rings. The number of ether oxygens (including phenoxy) is 1. The Hall–Kier alpha value is -3.66. The number of aryl methyl sites for hydroxylation is 3. The highest BCUT2D eigenvalue weighted by atomic mass is 32.1. The minimum atomic E-state index is -4.95. The van der Waals surface area contributed by atoms with Crippen molar-refractivity contribution >= 4 is 33.3 Å². The number of nitrogens with zero attached hydrogens (tertiary/aromatic N) is 4. The molecule has 0 aliphatic heterocycles. The lowest BCUT2D eigenvalue weighted by Crippen LogP contribution is -2.35. The Balaban J connectivity index is 1.51. The van der Waals surface area contributed by atoms with E-state index in [1.165, 1.54) is 17.4 Å². The predicted octanol–water partition coefficient (Wildman–Crippen LogP) is 4.80. The summed E-state index contributed by atoms with van der Waals surface area (Å²) in [5, 5.41) is 37.5. The van der Waals surface area contributed by atoms with Crippen LogP contribution in [0.15, 0.2) is 24.3 Å². The molecular weight excluding hydrogens is 592 g/mol. The molecule has 230 valence electrons. The zero-order valence-corrected chi connectivity index (χ0v) is 24.4. The van der Waals surface area contributed by atoms with Gasteiger partial charge in [0, 0.05) is 29.8 Å². The summed E-state index contributed by atoms with van der Waals surface area (Å²) in [5.41, 5.74) is 3.41. The molecule has 3 heterocycles. The standard InChI is InChI=1S/C28H30F4N6O4S/c1-11-7-20-22(14(4)33-11)37-26(43-20)21-13(3)35-27(38-25(21)36-19-8-15(10-39)23(40)24(19)41)34-12(2)17-6-5-16(9-18(17)29)42-28(30,31)32/h5-7,9,12,15,19,23-24,39-41H,8,10H2,1-4H3,(H2,34,35,36,38)/t12-,15-,19-,23-,24+/m1/s1. The van der Waals surface area contributed by atoms with Crippen LogP contribution in [-0.2, 0) is 0 Å².